The first-order valence-corrected chi connectivity index (χ1v) is 6.02. The van der Waals surface area contributed by atoms with Crippen LogP contribution in [0.2, 0.25) is 0 Å². The Balaban J connectivity index is 3.03. The molecule has 0 bridgehead atoms. The summed E-state index contributed by atoms with van der Waals surface area (Å²) in [7, 11) is 0. The molecule has 0 aliphatic heterocycles. The van der Waals surface area contributed by atoms with Crippen LogP contribution in [-0.4, -0.2) is 16.6 Å². The number of nitrogens with one attached hydrogen (secondary N) is 1. The average Bonchev–Trinajstić information content (AvgIpc) is 2.39. The molecule has 4 nitrogen and oxygen atoms in total. The second-order valence-electron chi connectivity index (χ2n) is 4.33. The van der Waals surface area contributed by atoms with Crippen molar-refractivity contribution in [3.8, 4) is 11.8 Å². The maximum Gasteiger partial charge on any atom is 0.256 e. The summed E-state index contributed by atoms with van der Waals surface area (Å²) in [6.07, 6.45) is 1.05. The number of rotatable bonds is 4. The Morgan fingerprint density at radius 1 is 1.44 bits per heavy atom. The summed E-state index contributed by atoms with van der Waals surface area (Å²) in [5.74, 6) is -0.449. The number of phenols is 1. The van der Waals surface area contributed by atoms with E-state index < -0.39 is 11.4 Å². The van der Waals surface area contributed by atoms with Crippen molar-refractivity contribution >= 4 is 5.91 Å². The number of amides is 1. The molecular formula is C14H18N2O2. The first-order valence-electron chi connectivity index (χ1n) is 6.02. The van der Waals surface area contributed by atoms with Crippen molar-refractivity contribution in [1.82, 2.24) is 5.32 Å². The summed E-state index contributed by atoms with van der Waals surface area (Å²) < 4.78 is 0. The van der Waals surface area contributed by atoms with Gasteiger partial charge in [-0.25, -0.2) is 0 Å². The van der Waals surface area contributed by atoms with Gasteiger partial charge >= 0.3 is 0 Å². The van der Waals surface area contributed by atoms with Crippen LogP contribution in [0.3, 0.4) is 0 Å². The molecule has 96 valence electrons. The fraction of sp³-hybridized carbons (Fsp3) is 0.429. The van der Waals surface area contributed by atoms with E-state index >= 15 is 0 Å². The van der Waals surface area contributed by atoms with Crippen LogP contribution in [0.25, 0.3) is 0 Å². The highest BCUT2D eigenvalue weighted by Crippen LogP contribution is 2.23. The molecule has 0 radical (unpaired) electrons. The molecule has 2 N–H and O–H groups in total. The summed E-state index contributed by atoms with van der Waals surface area (Å²) in [5.41, 5.74) is -0.0254. The van der Waals surface area contributed by atoms with E-state index in [1.165, 1.54) is 0 Å². The summed E-state index contributed by atoms with van der Waals surface area (Å²) in [5, 5.41) is 21.7. The molecule has 1 aromatic carbocycles. The van der Waals surface area contributed by atoms with Crippen molar-refractivity contribution in [3.63, 3.8) is 0 Å². The number of hydrogen-bond donors (Lipinski definition) is 2. The molecule has 0 saturated carbocycles. The van der Waals surface area contributed by atoms with Gasteiger partial charge in [-0.05, 0) is 31.4 Å². The molecule has 4 heteroatoms. The van der Waals surface area contributed by atoms with Crippen LogP contribution >= 0.6 is 0 Å². The van der Waals surface area contributed by atoms with Crippen LogP contribution in [0.1, 0.15) is 42.6 Å². The normalized spacial score (nSPS) is 10.8. The van der Waals surface area contributed by atoms with Crippen LogP contribution < -0.4 is 5.32 Å². The SMILES string of the molecule is CCC(C#N)(CC)NC(=O)c1cccc(C)c1O. The highest BCUT2D eigenvalue weighted by molar-refractivity contribution is 5.97. The summed E-state index contributed by atoms with van der Waals surface area (Å²) in [6.45, 7) is 5.43. The van der Waals surface area contributed by atoms with Gasteiger partial charge in [0.2, 0.25) is 0 Å². The van der Waals surface area contributed by atoms with E-state index in [0.29, 0.717) is 18.4 Å². The first kappa shape index (κ1) is 14.0. The number of nitriles is 1. The molecule has 1 aromatic rings. The standard InChI is InChI=1S/C14H18N2O2/c1-4-14(5-2,9-15)16-13(18)11-8-6-7-10(3)12(11)17/h6-8,17H,4-5H2,1-3H3,(H,16,18). The van der Waals surface area contributed by atoms with Gasteiger partial charge in [0.1, 0.15) is 11.3 Å². The monoisotopic (exact) mass is 246 g/mol. The molecule has 0 fully saturated rings. The highest BCUT2D eigenvalue weighted by atomic mass is 16.3. The van der Waals surface area contributed by atoms with Gasteiger partial charge in [-0.2, -0.15) is 5.26 Å². The van der Waals surface area contributed by atoms with E-state index in [-0.39, 0.29) is 11.3 Å². The third kappa shape index (κ3) is 2.62. The molecule has 0 aromatic heterocycles. The summed E-state index contributed by atoms with van der Waals surface area (Å²) in [4.78, 5) is 12.1. The molecule has 0 heterocycles. The Morgan fingerprint density at radius 3 is 2.56 bits per heavy atom. The number of nitrogens with zero attached hydrogens (tertiary/aromatic N) is 1. The number of carbonyl (C=O) groups is 1. The van der Waals surface area contributed by atoms with Crippen molar-refractivity contribution < 1.29 is 9.90 Å². The van der Waals surface area contributed by atoms with Gasteiger partial charge in [0, 0.05) is 0 Å². The Labute approximate surface area is 107 Å². The lowest BCUT2D eigenvalue weighted by Gasteiger charge is -2.25. The number of aryl methyl sites for hydroxylation is 1. The van der Waals surface area contributed by atoms with Gasteiger partial charge in [0.25, 0.3) is 5.91 Å². The second-order valence-corrected chi connectivity index (χ2v) is 4.33. The lowest BCUT2D eigenvalue weighted by Crippen LogP contribution is -2.46. The largest absolute Gasteiger partial charge is 0.507 e. The smallest absolute Gasteiger partial charge is 0.256 e. The maximum absolute atomic E-state index is 12.1. The van der Waals surface area contributed by atoms with E-state index in [1.54, 1.807) is 25.1 Å². The van der Waals surface area contributed by atoms with E-state index in [2.05, 4.69) is 11.4 Å². The van der Waals surface area contributed by atoms with Crippen molar-refractivity contribution in [3.05, 3.63) is 29.3 Å². The van der Waals surface area contributed by atoms with Crippen LogP contribution in [0.4, 0.5) is 0 Å². The zero-order valence-corrected chi connectivity index (χ0v) is 10.9. The molecule has 0 atom stereocenters. The lowest BCUT2D eigenvalue weighted by molar-refractivity contribution is 0.0912. The van der Waals surface area contributed by atoms with Gasteiger partial charge < -0.3 is 10.4 Å². The number of carbonyl (C=O) groups excluding carboxylic acids is 1. The third-order valence-electron chi connectivity index (χ3n) is 3.26. The van der Waals surface area contributed by atoms with Crippen molar-refractivity contribution in [2.45, 2.75) is 39.2 Å². The second kappa shape index (κ2) is 5.54. The van der Waals surface area contributed by atoms with Gasteiger partial charge in [-0.15, -0.1) is 0 Å². The minimum atomic E-state index is -0.868. The fourth-order valence-corrected chi connectivity index (χ4v) is 1.74. The van der Waals surface area contributed by atoms with Crippen LogP contribution in [0, 0.1) is 18.3 Å². The topological polar surface area (TPSA) is 73.1 Å². The van der Waals surface area contributed by atoms with Crippen molar-refractivity contribution in [1.29, 1.82) is 5.26 Å². The summed E-state index contributed by atoms with van der Waals surface area (Å²) in [6, 6.07) is 7.11. The quantitative estimate of drug-likeness (QED) is 0.857. The minimum absolute atomic E-state index is 0.0333. The van der Waals surface area contributed by atoms with Crippen molar-refractivity contribution in [2.24, 2.45) is 0 Å². The average molecular weight is 246 g/mol. The third-order valence-corrected chi connectivity index (χ3v) is 3.26. The van der Waals surface area contributed by atoms with Gasteiger partial charge in [0.05, 0.1) is 11.6 Å². The molecule has 1 amide bonds. The number of hydrogen-bond acceptors (Lipinski definition) is 3. The van der Waals surface area contributed by atoms with E-state index in [4.69, 9.17) is 5.26 Å². The maximum atomic E-state index is 12.1. The zero-order valence-electron chi connectivity index (χ0n) is 10.9. The predicted molar refractivity (Wildman–Crippen MR) is 69.2 cm³/mol. The van der Waals surface area contributed by atoms with E-state index in [9.17, 15) is 9.90 Å². The molecule has 18 heavy (non-hydrogen) atoms. The number of aromatic hydroxyl groups is 1. The van der Waals surface area contributed by atoms with Gasteiger partial charge in [-0.3, -0.25) is 4.79 Å². The Kier molecular flexibility index (Phi) is 4.33. The summed E-state index contributed by atoms with van der Waals surface area (Å²) >= 11 is 0. The lowest BCUT2D eigenvalue weighted by atomic mass is 9.94. The molecule has 0 saturated heterocycles. The Morgan fingerprint density at radius 2 is 2.06 bits per heavy atom. The Bertz CT molecular complexity index is 485. The molecule has 0 aliphatic carbocycles. The van der Waals surface area contributed by atoms with Crippen LogP contribution in [0.5, 0.6) is 5.75 Å². The molecule has 0 unspecified atom stereocenters. The highest BCUT2D eigenvalue weighted by Gasteiger charge is 2.29. The van der Waals surface area contributed by atoms with Crippen LogP contribution in [0.15, 0.2) is 18.2 Å². The molecule has 0 aliphatic rings. The number of para-hydroxylation sites is 1. The predicted octanol–water partition coefficient (Wildman–Crippen LogP) is 2.51. The molecule has 0 spiro atoms. The van der Waals surface area contributed by atoms with E-state index in [1.807, 2.05) is 13.8 Å². The van der Waals surface area contributed by atoms with Gasteiger partial charge in [0.15, 0.2) is 0 Å². The zero-order chi connectivity index (χ0) is 13.8. The number of benzene rings is 1. The number of phenolic OH excluding ortho intramolecular Hbond substituents is 1. The molecule has 1 rings (SSSR count). The van der Waals surface area contributed by atoms with E-state index in [0.717, 1.165) is 0 Å². The Hall–Kier alpha value is -2.02. The van der Waals surface area contributed by atoms with Gasteiger partial charge in [-0.1, -0.05) is 26.0 Å². The minimum Gasteiger partial charge on any atom is -0.507 e. The van der Waals surface area contributed by atoms with Crippen molar-refractivity contribution in [2.75, 3.05) is 0 Å². The first-order chi connectivity index (χ1) is 8.49. The van der Waals surface area contributed by atoms with Crippen LogP contribution in [-0.2, 0) is 0 Å². The molecular weight excluding hydrogens is 228 g/mol. The fourth-order valence-electron chi connectivity index (χ4n) is 1.74.